The predicted octanol–water partition coefficient (Wildman–Crippen LogP) is 2.62. The van der Waals surface area contributed by atoms with Gasteiger partial charge in [0.1, 0.15) is 5.56 Å². The van der Waals surface area contributed by atoms with Crippen LogP contribution in [0.5, 0.6) is 0 Å². The molecule has 0 atom stereocenters. The van der Waals surface area contributed by atoms with E-state index in [1.165, 1.54) is 44.6 Å². The third kappa shape index (κ3) is 4.53. The molecule has 0 aliphatic heterocycles. The average Bonchev–Trinajstić information content (AvgIpc) is 2.49. The first-order valence-electron chi connectivity index (χ1n) is 7.20. The van der Waals surface area contributed by atoms with Gasteiger partial charge in [-0.05, 0) is 32.1 Å². The SMILES string of the molecule is COCc1nc(NCCC2=CCCCC2)ncc1C(=O)O. The second kappa shape index (κ2) is 7.73. The minimum Gasteiger partial charge on any atom is -0.478 e. The molecule has 1 aliphatic carbocycles. The molecule has 21 heavy (non-hydrogen) atoms. The zero-order valence-corrected chi connectivity index (χ0v) is 12.3. The molecule has 0 amide bonds. The molecular weight excluding hydrogens is 270 g/mol. The third-order valence-corrected chi connectivity index (χ3v) is 3.49. The van der Waals surface area contributed by atoms with E-state index in [4.69, 9.17) is 9.84 Å². The number of hydrogen-bond donors (Lipinski definition) is 2. The van der Waals surface area contributed by atoms with E-state index in [1.807, 2.05) is 0 Å². The Hall–Kier alpha value is -1.95. The number of nitrogens with zero attached hydrogens (tertiary/aromatic N) is 2. The minimum atomic E-state index is -1.04. The fraction of sp³-hybridized carbons (Fsp3) is 0.533. The van der Waals surface area contributed by atoms with Gasteiger partial charge in [-0.15, -0.1) is 0 Å². The maximum atomic E-state index is 11.1. The maximum Gasteiger partial charge on any atom is 0.339 e. The van der Waals surface area contributed by atoms with E-state index in [9.17, 15) is 4.79 Å². The lowest BCUT2D eigenvalue weighted by atomic mass is 9.97. The van der Waals surface area contributed by atoms with Crippen LogP contribution in [0.2, 0.25) is 0 Å². The third-order valence-electron chi connectivity index (χ3n) is 3.49. The molecule has 6 heteroatoms. The van der Waals surface area contributed by atoms with Crippen molar-refractivity contribution in [1.82, 2.24) is 9.97 Å². The van der Waals surface area contributed by atoms with Crippen molar-refractivity contribution in [3.05, 3.63) is 29.1 Å². The highest BCUT2D eigenvalue weighted by Crippen LogP contribution is 2.20. The molecule has 1 aromatic heterocycles. The number of aromatic carboxylic acids is 1. The Morgan fingerprint density at radius 1 is 1.48 bits per heavy atom. The molecule has 0 bridgehead atoms. The van der Waals surface area contributed by atoms with Gasteiger partial charge in [-0.1, -0.05) is 11.6 Å². The Kier molecular flexibility index (Phi) is 5.68. The number of carboxylic acids is 1. The first kappa shape index (κ1) is 15.4. The molecule has 0 saturated heterocycles. The summed E-state index contributed by atoms with van der Waals surface area (Å²) in [6, 6.07) is 0. The average molecular weight is 291 g/mol. The second-order valence-electron chi connectivity index (χ2n) is 5.08. The summed E-state index contributed by atoms with van der Waals surface area (Å²) < 4.78 is 4.98. The van der Waals surface area contributed by atoms with Crippen molar-refractivity contribution < 1.29 is 14.6 Å². The van der Waals surface area contributed by atoms with Crippen LogP contribution < -0.4 is 5.32 Å². The standard InChI is InChI=1S/C15H21N3O3/c1-21-10-13-12(14(19)20)9-17-15(18-13)16-8-7-11-5-3-2-4-6-11/h5,9H,2-4,6-8,10H2,1H3,(H,19,20)(H,16,17,18). The molecule has 6 nitrogen and oxygen atoms in total. The Morgan fingerprint density at radius 3 is 3.00 bits per heavy atom. The van der Waals surface area contributed by atoms with E-state index in [0.717, 1.165) is 13.0 Å². The number of carbonyl (C=O) groups is 1. The predicted molar refractivity (Wildman–Crippen MR) is 79.4 cm³/mol. The zero-order chi connectivity index (χ0) is 15.1. The fourth-order valence-corrected chi connectivity index (χ4v) is 2.39. The van der Waals surface area contributed by atoms with Crippen LogP contribution in [0.25, 0.3) is 0 Å². The van der Waals surface area contributed by atoms with E-state index < -0.39 is 5.97 Å². The van der Waals surface area contributed by atoms with Gasteiger partial charge in [0, 0.05) is 19.9 Å². The molecule has 0 unspecified atom stereocenters. The van der Waals surface area contributed by atoms with Crippen LogP contribution in [-0.4, -0.2) is 34.7 Å². The molecule has 2 N–H and O–H groups in total. The maximum absolute atomic E-state index is 11.1. The van der Waals surface area contributed by atoms with E-state index in [1.54, 1.807) is 0 Å². The lowest BCUT2D eigenvalue weighted by molar-refractivity contribution is 0.0690. The van der Waals surface area contributed by atoms with Gasteiger partial charge < -0.3 is 15.2 Å². The normalized spacial score (nSPS) is 14.6. The van der Waals surface area contributed by atoms with Crippen LogP contribution in [0.4, 0.5) is 5.95 Å². The lowest BCUT2D eigenvalue weighted by Gasteiger charge is -2.13. The van der Waals surface area contributed by atoms with Crippen molar-refractivity contribution in [2.45, 2.75) is 38.7 Å². The first-order chi connectivity index (χ1) is 10.2. The summed E-state index contributed by atoms with van der Waals surface area (Å²) >= 11 is 0. The summed E-state index contributed by atoms with van der Waals surface area (Å²) in [5.41, 5.74) is 1.95. The Bertz CT molecular complexity index is 529. The monoisotopic (exact) mass is 291 g/mol. The largest absolute Gasteiger partial charge is 0.478 e. The summed E-state index contributed by atoms with van der Waals surface area (Å²) in [6.45, 7) is 0.911. The Morgan fingerprint density at radius 2 is 2.33 bits per heavy atom. The zero-order valence-electron chi connectivity index (χ0n) is 12.3. The van der Waals surface area contributed by atoms with Crippen LogP contribution >= 0.6 is 0 Å². The number of carboxylic acid groups (broad SMARTS) is 1. The van der Waals surface area contributed by atoms with Crippen molar-refractivity contribution >= 4 is 11.9 Å². The summed E-state index contributed by atoms with van der Waals surface area (Å²) in [5, 5.41) is 12.2. The van der Waals surface area contributed by atoms with E-state index in [-0.39, 0.29) is 12.2 Å². The smallest absolute Gasteiger partial charge is 0.339 e. The fourth-order valence-electron chi connectivity index (χ4n) is 2.39. The molecule has 114 valence electrons. The number of allylic oxidation sites excluding steroid dienone is 1. The van der Waals surface area contributed by atoms with Crippen molar-refractivity contribution in [3.63, 3.8) is 0 Å². The van der Waals surface area contributed by atoms with Gasteiger partial charge in [-0.2, -0.15) is 0 Å². The van der Waals surface area contributed by atoms with Crippen molar-refractivity contribution in [2.24, 2.45) is 0 Å². The number of methoxy groups -OCH3 is 1. The number of aromatic nitrogens is 2. The number of nitrogens with one attached hydrogen (secondary N) is 1. The van der Waals surface area contributed by atoms with Gasteiger partial charge in [0.2, 0.25) is 5.95 Å². The molecule has 1 aliphatic rings. The van der Waals surface area contributed by atoms with Gasteiger partial charge in [0.15, 0.2) is 0 Å². The number of anilines is 1. The van der Waals surface area contributed by atoms with Gasteiger partial charge in [-0.3, -0.25) is 0 Å². The molecule has 0 spiro atoms. The topological polar surface area (TPSA) is 84.3 Å². The number of ether oxygens (including phenoxy) is 1. The highest BCUT2D eigenvalue weighted by atomic mass is 16.5. The van der Waals surface area contributed by atoms with Crippen LogP contribution in [0, 0.1) is 0 Å². The summed E-state index contributed by atoms with van der Waals surface area (Å²) in [7, 11) is 1.51. The van der Waals surface area contributed by atoms with E-state index >= 15 is 0 Å². The highest BCUT2D eigenvalue weighted by Gasteiger charge is 2.13. The van der Waals surface area contributed by atoms with Crippen LogP contribution in [-0.2, 0) is 11.3 Å². The van der Waals surface area contributed by atoms with Crippen LogP contribution in [0.3, 0.4) is 0 Å². The molecule has 1 aromatic rings. The van der Waals surface area contributed by atoms with E-state index in [2.05, 4.69) is 21.4 Å². The second-order valence-corrected chi connectivity index (χ2v) is 5.08. The summed E-state index contributed by atoms with van der Waals surface area (Å²) in [4.78, 5) is 19.3. The van der Waals surface area contributed by atoms with Crippen molar-refractivity contribution in [1.29, 1.82) is 0 Å². The molecule has 0 saturated carbocycles. The minimum absolute atomic E-state index is 0.0809. The first-order valence-corrected chi connectivity index (χ1v) is 7.20. The molecule has 0 radical (unpaired) electrons. The summed E-state index contributed by atoms with van der Waals surface area (Å²) in [6.07, 6.45) is 9.53. The molecule has 1 heterocycles. The summed E-state index contributed by atoms with van der Waals surface area (Å²) in [5.74, 6) is -0.593. The molecule has 2 rings (SSSR count). The molecule has 0 aromatic carbocycles. The van der Waals surface area contributed by atoms with Crippen molar-refractivity contribution in [3.8, 4) is 0 Å². The Balaban J connectivity index is 1.95. The molecular formula is C15H21N3O3. The van der Waals surface area contributed by atoms with Crippen molar-refractivity contribution in [2.75, 3.05) is 19.0 Å². The highest BCUT2D eigenvalue weighted by molar-refractivity contribution is 5.88. The quantitative estimate of drug-likeness (QED) is 0.751. The Labute approximate surface area is 124 Å². The van der Waals surface area contributed by atoms with Gasteiger partial charge in [-0.25, -0.2) is 14.8 Å². The number of rotatable bonds is 7. The van der Waals surface area contributed by atoms with Crippen LogP contribution in [0.1, 0.15) is 48.2 Å². The van der Waals surface area contributed by atoms with E-state index in [0.29, 0.717) is 11.6 Å². The molecule has 0 fully saturated rings. The van der Waals surface area contributed by atoms with Gasteiger partial charge in [0.25, 0.3) is 0 Å². The van der Waals surface area contributed by atoms with Crippen LogP contribution in [0.15, 0.2) is 17.8 Å². The van der Waals surface area contributed by atoms with Gasteiger partial charge in [0.05, 0.1) is 12.3 Å². The van der Waals surface area contributed by atoms with Gasteiger partial charge >= 0.3 is 5.97 Å². The lowest BCUT2D eigenvalue weighted by Crippen LogP contribution is -2.12. The number of hydrogen-bond acceptors (Lipinski definition) is 5.